The lowest BCUT2D eigenvalue weighted by molar-refractivity contribution is -0.140. The van der Waals surface area contributed by atoms with Crippen LogP contribution >= 0.6 is 0 Å². The summed E-state index contributed by atoms with van der Waals surface area (Å²) in [7, 11) is 3.08. The first-order chi connectivity index (χ1) is 14.9. The average molecular weight is 425 g/mol. The van der Waals surface area contributed by atoms with Gasteiger partial charge in [0.2, 0.25) is 0 Å². The lowest BCUT2D eigenvalue weighted by atomic mass is 9.93. The van der Waals surface area contributed by atoms with E-state index in [9.17, 15) is 14.7 Å². The molecule has 1 amide bonds. The first-order valence-corrected chi connectivity index (χ1v) is 10.1. The highest BCUT2D eigenvalue weighted by Crippen LogP contribution is 2.43. The zero-order valence-corrected chi connectivity index (χ0v) is 18.2. The number of nitrogens with zero attached hydrogens (tertiary/aromatic N) is 1. The Bertz CT molecular complexity index is 1010. The van der Waals surface area contributed by atoms with E-state index in [2.05, 4.69) is 0 Å². The third kappa shape index (κ3) is 4.27. The van der Waals surface area contributed by atoms with E-state index in [0.29, 0.717) is 29.2 Å². The van der Waals surface area contributed by atoms with E-state index in [0.717, 1.165) is 5.56 Å². The van der Waals surface area contributed by atoms with Crippen molar-refractivity contribution < 1.29 is 28.9 Å². The number of benzene rings is 2. The van der Waals surface area contributed by atoms with Crippen molar-refractivity contribution in [3.05, 3.63) is 64.7 Å². The van der Waals surface area contributed by atoms with Crippen molar-refractivity contribution in [3.8, 4) is 11.5 Å². The minimum atomic E-state index is -0.792. The Balaban J connectivity index is 2.22. The van der Waals surface area contributed by atoms with E-state index in [-0.39, 0.29) is 24.5 Å². The van der Waals surface area contributed by atoms with Crippen molar-refractivity contribution in [2.24, 2.45) is 0 Å². The van der Waals surface area contributed by atoms with Crippen molar-refractivity contribution in [3.63, 3.8) is 0 Å². The van der Waals surface area contributed by atoms with Crippen LogP contribution in [0, 0.1) is 6.92 Å². The summed E-state index contributed by atoms with van der Waals surface area (Å²) in [5, 5.41) is 11.2. The molecule has 1 saturated heterocycles. The van der Waals surface area contributed by atoms with Gasteiger partial charge in [-0.25, -0.2) is 0 Å². The zero-order chi connectivity index (χ0) is 22.5. The average Bonchev–Trinajstić information content (AvgIpc) is 3.02. The summed E-state index contributed by atoms with van der Waals surface area (Å²) in [4.78, 5) is 27.4. The number of Topliss-reactive ketones (excluding diaryl/α,β-unsaturated/α-hetero) is 1. The number of amides is 1. The molecule has 0 unspecified atom stereocenters. The quantitative estimate of drug-likeness (QED) is 0.396. The molecule has 1 N–H and O–H groups in total. The molecule has 1 aliphatic heterocycles. The number of ketones is 1. The zero-order valence-electron chi connectivity index (χ0n) is 18.2. The summed E-state index contributed by atoms with van der Waals surface area (Å²) >= 11 is 0. The molecule has 164 valence electrons. The Morgan fingerprint density at radius 3 is 2.52 bits per heavy atom. The summed E-state index contributed by atoms with van der Waals surface area (Å²) in [5.74, 6) is -0.458. The fraction of sp³-hybridized carbons (Fsp3) is 0.333. The van der Waals surface area contributed by atoms with E-state index in [1.165, 1.54) is 12.0 Å². The van der Waals surface area contributed by atoms with Gasteiger partial charge in [-0.3, -0.25) is 9.59 Å². The van der Waals surface area contributed by atoms with Crippen LogP contribution in [0.5, 0.6) is 11.5 Å². The minimum Gasteiger partial charge on any atom is -0.507 e. The van der Waals surface area contributed by atoms with Gasteiger partial charge in [0, 0.05) is 24.8 Å². The molecule has 1 atom stereocenters. The van der Waals surface area contributed by atoms with Gasteiger partial charge in [0.25, 0.3) is 11.7 Å². The van der Waals surface area contributed by atoms with Gasteiger partial charge >= 0.3 is 0 Å². The van der Waals surface area contributed by atoms with Gasteiger partial charge in [0.1, 0.15) is 17.3 Å². The Labute approximate surface area is 181 Å². The van der Waals surface area contributed by atoms with Gasteiger partial charge in [0.05, 0.1) is 31.9 Å². The smallest absolute Gasteiger partial charge is 0.295 e. The highest BCUT2D eigenvalue weighted by molar-refractivity contribution is 6.46. The summed E-state index contributed by atoms with van der Waals surface area (Å²) in [6, 6.07) is 11.6. The van der Waals surface area contributed by atoms with Crippen LogP contribution in [-0.4, -0.2) is 55.7 Å². The number of hydrogen-bond acceptors (Lipinski definition) is 6. The molecular weight excluding hydrogens is 398 g/mol. The van der Waals surface area contributed by atoms with Crippen molar-refractivity contribution in [1.82, 2.24) is 4.90 Å². The van der Waals surface area contributed by atoms with E-state index < -0.39 is 17.7 Å². The van der Waals surface area contributed by atoms with Gasteiger partial charge in [-0.2, -0.15) is 0 Å². The molecule has 1 heterocycles. The second-order valence-corrected chi connectivity index (χ2v) is 7.14. The number of likely N-dealkylation sites (tertiary alicyclic amines) is 1. The Hall–Kier alpha value is -3.32. The molecule has 31 heavy (non-hydrogen) atoms. The number of rotatable bonds is 8. The van der Waals surface area contributed by atoms with Crippen LogP contribution in [-0.2, 0) is 14.3 Å². The van der Waals surface area contributed by atoms with Gasteiger partial charge < -0.3 is 24.2 Å². The fourth-order valence-electron chi connectivity index (χ4n) is 3.79. The van der Waals surface area contributed by atoms with Gasteiger partial charge in [-0.05, 0) is 43.7 Å². The van der Waals surface area contributed by atoms with E-state index in [1.54, 1.807) is 37.4 Å². The number of methoxy groups -OCH3 is 2. The number of aliphatic hydroxyl groups is 1. The largest absolute Gasteiger partial charge is 0.507 e. The molecule has 0 aliphatic carbocycles. The Kier molecular flexibility index (Phi) is 6.97. The van der Waals surface area contributed by atoms with Crippen LogP contribution < -0.4 is 9.47 Å². The van der Waals surface area contributed by atoms with Crippen LogP contribution in [0.15, 0.2) is 48.0 Å². The minimum absolute atomic E-state index is 0.0292. The Morgan fingerprint density at radius 2 is 1.87 bits per heavy atom. The third-order valence-corrected chi connectivity index (χ3v) is 5.28. The van der Waals surface area contributed by atoms with Gasteiger partial charge in [-0.15, -0.1) is 0 Å². The van der Waals surface area contributed by atoms with Crippen LogP contribution in [0.1, 0.15) is 29.7 Å². The summed E-state index contributed by atoms with van der Waals surface area (Å²) < 4.78 is 16.1. The topological polar surface area (TPSA) is 85.3 Å². The second kappa shape index (κ2) is 9.66. The maximum atomic E-state index is 13.1. The van der Waals surface area contributed by atoms with Crippen LogP contribution in [0.3, 0.4) is 0 Å². The monoisotopic (exact) mass is 425 g/mol. The van der Waals surface area contributed by atoms with Gasteiger partial charge in [0.15, 0.2) is 0 Å². The maximum Gasteiger partial charge on any atom is 0.295 e. The first kappa shape index (κ1) is 22.4. The van der Waals surface area contributed by atoms with Crippen LogP contribution in [0.4, 0.5) is 0 Å². The molecule has 0 radical (unpaired) electrons. The standard InChI is InChI=1S/C24H27NO6/c1-5-31-19-9-7-6-8-18(19)21-20(23(27)24(28)25(21)12-13-29-3)22(26)17-11-10-16(30-4)14-15(17)2/h6-11,14,21,26H,5,12-13H2,1-4H3/t21-/m0/s1. The normalized spacial score (nSPS) is 17.8. The number of carbonyl (C=O) groups excluding carboxylic acids is 2. The number of carbonyl (C=O) groups is 2. The molecule has 3 rings (SSSR count). The van der Waals surface area contributed by atoms with Crippen LogP contribution in [0.25, 0.3) is 5.76 Å². The van der Waals surface area contributed by atoms with Crippen LogP contribution in [0.2, 0.25) is 0 Å². The highest BCUT2D eigenvalue weighted by Gasteiger charge is 2.47. The lowest BCUT2D eigenvalue weighted by Crippen LogP contribution is -2.32. The number of aliphatic hydroxyl groups excluding tert-OH is 1. The molecule has 0 spiro atoms. The number of ether oxygens (including phenoxy) is 3. The summed E-state index contributed by atoms with van der Waals surface area (Å²) in [6.07, 6.45) is 0. The second-order valence-electron chi connectivity index (χ2n) is 7.14. The molecular formula is C24H27NO6. The van der Waals surface area contributed by atoms with E-state index in [4.69, 9.17) is 14.2 Å². The predicted molar refractivity (Wildman–Crippen MR) is 116 cm³/mol. The SMILES string of the molecule is CCOc1ccccc1[C@H]1C(=C(O)c2ccc(OC)cc2C)C(=O)C(=O)N1CCOC. The van der Waals surface area contributed by atoms with Gasteiger partial charge in [-0.1, -0.05) is 18.2 Å². The molecule has 1 aliphatic rings. The molecule has 2 aromatic carbocycles. The molecule has 7 heteroatoms. The Morgan fingerprint density at radius 1 is 1.13 bits per heavy atom. The number of para-hydroxylation sites is 1. The first-order valence-electron chi connectivity index (χ1n) is 10.1. The van der Waals surface area contributed by atoms with E-state index in [1.807, 2.05) is 26.0 Å². The number of aryl methyl sites for hydroxylation is 1. The predicted octanol–water partition coefficient (Wildman–Crippen LogP) is 3.47. The molecule has 2 aromatic rings. The van der Waals surface area contributed by atoms with Crippen molar-refractivity contribution >= 4 is 17.4 Å². The van der Waals surface area contributed by atoms with Crippen molar-refractivity contribution in [2.75, 3.05) is 34.0 Å². The third-order valence-electron chi connectivity index (χ3n) is 5.28. The highest BCUT2D eigenvalue weighted by atomic mass is 16.5. The summed E-state index contributed by atoms with van der Waals surface area (Å²) in [5.41, 5.74) is 1.84. The fourth-order valence-corrected chi connectivity index (χ4v) is 3.79. The van der Waals surface area contributed by atoms with E-state index >= 15 is 0 Å². The van der Waals surface area contributed by atoms with Crippen molar-refractivity contribution in [1.29, 1.82) is 0 Å². The molecule has 0 aromatic heterocycles. The molecule has 0 saturated carbocycles. The molecule has 0 bridgehead atoms. The summed E-state index contributed by atoms with van der Waals surface area (Å²) in [6.45, 7) is 4.54. The lowest BCUT2D eigenvalue weighted by Gasteiger charge is -2.26. The molecule has 1 fully saturated rings. The van der Waals surface area contributed by atoms with Crippen molar-refractivity contribution in [2.45, 2.75) is 19.9 Å². The molecule has 7 nitrogen and oxygen atoms in total. The maximum absolute atomic E-state index is 13.1. The number of hydrogen-bond donors (Lipinski definition) is 1.